The number of hydrogen-bond donors (Lipinski definition) is 0. The van der Waals surface area contributed by atoms with Crippen LogP contribution in [0.4, 0.5) is 0 Å². The summed E-state index contributed by atoms with van der Waals surface area (Å²) in [5.74, 6) is 0. The first-order chi connectivity index (χ1) is 13.2. The molecule has 2 aromatic rings. The van der Waals surface area contributed by atoms with E-state index in [1.165, 1.54) is 22.4 Å². The van der Waals surface area contributed by atoms with Gasteiger partial charge >= 0.3 is 179 Å². The van der Waals surface area contributed by atoms with Crippen LogP contribution in [-0.2, 0) is 11.3 Å². The molecule has 0 saturated heterocycles. The summed E-state index contributed by atoms with van der Waals surface area (Å²) in [5, 5.41) is 2.74. The third kappa shape index (κ3) is 4.49. The van der Waals surface area contributed by atoms with E-state index in [1.807, 2.05) is 0 Å². The first-order valence-electron chi connectivity index (χ1n) is 11.6. The molecule has 0 saturated carbocycles. The first-order valence-corrected chi connectivity index (χ1v) is 50.4. The number of fused-ring (bicyclic) bond motifs is 3. The Labute approximate surface area is 202 Å². The van der Waals surface area contributed by atoms with Gasteiger partial charge in [0.05, 0.1) is 0 Å². The molecule has 0 spiro atoms. The predicted octanol–water partition coefficient (Wildman–Crippen LogP) is 1.12. The van der Waals surface area contributed by atoms with Gasteiger partial charge in [0.2, 0.25) is 0 Å². The second-order valence-electron chi connectivity index (χ2n) is 17.4. The normalized spacial score (nSPS) is 24.8. The SMILES string of the molecule is C[Si](C)(C)CC1=C[CH]([Hf]([CH3])([CH3])([CH3])([CH3])(=[SiH2])(=[SiH2])[CH]2C=Cc3c2ccc2ccccc32)C=C1.[Cl-].[Cl-]. The van der Waals surface area contributed by atoms with Crippen molar-refractivity contribution in [3.05, 3.63) is 77.4 Å². The standard InChI is InChI=1S/C13H9.C9H15Si.4CH3.2ClH.Hf.2H2Si/c1-2-6-12-10(4-1)8-9-11-5-3-7-13(11)12;1-10(2,3)8-9-6-4-5-7-9;;;;;;;;;/h1-9H;4-7H,8H2,1-3H3;4*1H3;2*1H;;2*1H2/p-2. The van der Waals surface area contributed by atoms with Crippen LogP contribution in [0.15, 0.2) is 66.3 Å². The van der Waals surface area contributed by atoms with E-state index in [-0.39, 0.29) is 24.8 Å². The first kappa shape index (κ1) is 28.3. The molecule has 2 aromatic carbocycles. The number of rotatable bonds is 4. The van der Waals surface area contributed by atoms with Crippen molar-refractivity contribution in [1.29, 1.82) is 0 Å². The van der Waals surface area contributed by atoms with Crippen LogP contribution >= 0.6 is 0 Å². The van der Waals surface area contributed by atoms with Crippen molar-refractivity contribution in [2.75, 3.05) is 0 Å². The minimum atomic E-state index is -4.87. The average molecular weight is 686 g/mol. The Hall–Kier alpha value is 0.0208. The van der Waals surface area contributed by atoms with Crippen molar-refractivity contribution in [3.8, 4) is 0 Å². The van der Waals surface area contributed by atoms with Gasteiger partial charge in [-0.1, -0.05) is 0 Å². The van der Waals surface area contributed by atoms with Crippen LogP contribution in [0.5, 0.6) is 0 Å². The van der Waals surface area contributed by atoms with Crippen molar-refractivity contribution in [1.82, 2.24) is 0 Å². The molecule has 2 aliphatic carbocycles. The molecule has 6 heteroatoms. The van der Waals surface area contributed by atoms with E-state index in [0.717, 1.165) is 0 Å². The van der Waals surface area contributed by atoms with Crippen molar-refractivity contribution in [2.24, 2.45) is 0 Å². The zero-order chi connectivity index (χ0) is 22.4. The second kappa shape index (κ2) is 6.22. The van der Waals surface area contributed by atoms with Crippen LogP contribution in [0.3, 0.4) is 0 Å². The van der Waals surface area contributed by atoms with E-state index in [2.05, 4.69) is 119 Å². The van der Waals surface area contributed by atoms with Crippen LogP contribution in [0.2, 0.25) is 48.1 Å². The fourth-order valence-electron chi connectivity index (χ4n) is 6.16. The summed E-state index contributed by atoms with van der Waals surface area (Å²) in [6.45, 7) is 12.3. The summed E-state index contributed by atoms with van der Waals surface area (Å²) >= 11 is -4.87. The van der Waals surface area contributed by atoms with Gasteiger partial charge in [0.25, 0.3) is 0 Å². The maximum absolute atomic E-state index is 4.87. The Morgan fingerprint density at radius 1 is 0.844 bits per heavy atom. The molecule has 0 aromatic heterocycles. The summed E-state index contributed by atoms with van der Waals surface area (Å²) in [5.41, 5.74) is 4.57. The Balaban J connectivity index is 0.00000181. The van der Waals surface area contributed by atoms with Crippen molar-refractivity contribution in [2.45, 2.75) is 51.8 Å². The monoisotopic (exact) mass is 686 g/mol. The molecule has 2 atom stereocenters. The molecule has 4 rings (SSSR count). The zero-order valence-electron chi connectivity index (χ0n) is 20.9. The number of hydrogen-bond acceptors (Lipinski definition) is 0. The van der Waals surface area contributed by atoms with E-state index in [1.54, 1.807) is 11.1 Å². The average Bonchev–Trinajstić information content (AvgIpc) is 3.20. The number of benzene rings is 2. The van der Waals surface area contributed by atoms with E-state index >= 15 is 0 Å². The molecule has 32 heavy (non-hydrogen) atoms. The molecule has 0 bridgehead atoms. The van der Waals surface area contributed by atoms with Gasteiger partial charge in [-0.15, -0.1) is 0 Å². The van der Waals surface area contributed by atoms with Gasteiger partial charge in [0.15, 0.2) is 0 Å². The molecule has 0 amide bonds. The maximum Gasteiger partial charge on any atom is -1.00 e. The van der Waals surface area contributed by atoms with Gasteiger partial charge in [-0.25, -0.2) is 0 Å². The topological polar surface area (TPSA) is 0 Å². The quantitative estimate of drug-likeness (QED) is 0.424. The third-order valence-corrected chi connectivity index (χ3v) is 55.5. The van der Waals surface area contributed by atoms with Crippen molar-refractivity contribution >= 4 is 38.8 Å². The summed E-state index contributed by atoms with van der Waals surface area (Å²) in [6, 6.07) is 14.9. The molecule has 176 valence electrons. The Bertz CT molecular complexity index is 1470. The molecule has 0 nitrogen and oxygen atoms in total. The molecule has 2 unspecified atom stereocenters. The van der Waals surface area contributed by atoms with Gasteiger partial charge in [-0.05, 0) is 0 Å². The van der Waals surface area contributed by atoms with Crippen LogP contribution < -0.4 is 24.8 Å². The van der Waals surface area contributed by atoms with E-state index in [4.69, 9.17) is 0 Å². The molecule has 0 heterocycles. The minimum Gasteiger partial charge on any atom is -1.00 e. The van der Waals surface area contributed by atoms with Crippen molar-refractivity contribution in [3.63, 3.8) is 0 Å². The Kier molecular flexibility index (Phi) is 5.50. The Morgan fingerprint density at radius 2 is 1.47 bits per heavy atom. The van der Waals surface area contributed by atoms with E-state index < -0.39 is 19.4 Å². The minimum absolute atomic E-state index is 0. The Morgan fingerprint density at radius 3 is 2.09 bits per heavy atom. The number of allylic oxidation sites excluding steroid dienone is 5. The van der Waals surface area contributed by atoms with Crippen LogP contribution in [0.25, 0.3) is 16.8 Å². The van der Waals surface area contributed by atoms with Gasteiger partial charge < -0.3 is 24.8 Å². The number of halogens is 2. The molecule has 2 aliphatic rings. The summed E-state index contributed by atoms with van der Waals surface area (Å²) < 4.78 is 11.9. The molecule has 0 N–H and O–H groups in total. The molecule has 0 aliphatic heterocycles. The molecular weight excluding hydrogens is 646 g/mol. The van der Waals surface area contributed by atoms with Gasteiger partial charge in [0, 0.05) is 0 Å². The molecular formula is C26H40Cl2HfSi3-2. The van der Waals surface area contributed by atoms with Crippen LogP contribution in [0.1, 0.15) is 14.8 Å². The summed E-state index contributed by atoms with van der Waals surface area (Å²) in [7, 11) is -1.14. The fraction of sp³-hybridized carbons (Fsp3) is 0.385. The summed E-state index contributed by atoms with van der Waals surface area (Å²) in [6.07, 6.45) is 12.7. The van der Waals surface area contributed by atoms with Crippen LogP contribution in [-0.4, -0.2) is 22.0 Å². The third-order valence-electron chi connectivity index (χ3n) is 8.30. The molecule has 0 fully saturated rings. The van der Waals surface area contributed by atoms with Gasteiger partial charge in [-0.2, -0.15) is 0 Å². The summed E-state index contributed by atoms with van der Waals surface area (Å²) in [4.78, 5) is 0. The second-order valence-corrected chi connectivity index (χ2v) is 171. The van der Waals surface area contributed by atoms with Gasteiger partial charge in [-0.3, -0.25) is 0 Å². The zero-order valence-corrected chi connectivity index (χ0v) is 29.8. The van der Waals surface area contributed by atoms with Crippen molar-refractivity contribution < 1.29 is 36.2 Å². The largest absolute Gasteiger partial charge is 1.00 e. The van der Waals surface area contributed by atoms with Crippen LogP contribution in [0, 0.1) is 0 Å². The van der Waals surface area contributed by atoms with E-state index in [9.17, 15) is 0 Å². The van der Waals surface area contributed by atoms with Gasteiger partial charge in [0.1, 0.15) is 0 Å². The smallest absolute Gasteiger partial charge is 1.00 e. The molecule has 0 radical (unpaired) electrons. The predicted molar refractivity (Wildman–Crippen MR) is 145 cm³/mol. The maximum atomic E-state index is 2.73. The fourth-order valence-corrected chi connectivity index (χ4v) is 40.0. The van der Waals surface area contributed by atoms with E-state index in [0.29, 0.717) is 7.35 Å².